The van der Waals surface area contributed by atoms with Crippen molar-refractivity contribution in [2.24, 2.45) is 0 Å². The number of carbonyl (C=O) groups is 2. The van der Waals surface area contributed by atoms with Crippen LogP contribution in [0.1, 0.15) is 17.3 Å². The average molecular weight is 485 g/mol. The van der Waals surface area contributed by atoms with E-state index in [0.29, 0.717) is 37.6 Å². The van der Waals surface area contributed by atoms with Crippen LogP contribution in [-0.2, 0) is 24.3 Å². The summed E-state index contributed by atoms with van der Waals surface area (Å²) in [5.74, 6) is -1.17. The number of amides is 1. The van der Waals surface area contributed by atoms with Crippen LogP contribution in [0, 0.1) is 0 Å². The fraction of sp³-hybridized carbons (Fsp3) is 0.261. The second-order valence-electron chi connectivity index (χ2n) is 7.58. The first-order chi connectivity index (χ1) is 16.3. The highest BCUT2D eigenvalue weighted by Gasteiger charge is 2.26. The van der Waals surface area contributed by atoms with E-state index < -0.39 is 28.0 Å². The minimum absolute atomic E-state index is 0.130. The Bertz CT molecular complexity index is 1240. The SMILES string of the molecule is CC(OC(=O)c1ccc(-n2cccn2)cc1)C(=O)Nc1ccc(S(=O)(=O)N2CCOCC2)cc1. The number of rotatable bonds is 7. The maximum Gasteiger partial charge on any atom is 0.338 e. The minimum atomic E-state index is -3.62. The highest BCUT2D eigenvalue weighted by atomic mass is 32.2. The maximum atomic E-state index is 12.7. The summed E-state index contributed by atoms with van der Waals surface area (Å²) >= 11 is 0. The van der Waals surface area contributed by atoms with Gasteiger partial charge >= 0.3 is 5.97 Å². The molecule has 1 fully saturated rings. The number of esters is 1. The number of sulfonamides is 1. The summed E-state index contributed by atoms with van der Waals surface area (Å²) in [7, 11) is -3.62. The normalized spacial score (nSPS) is 15.4. The molecular formula is C23H24N4O6S. The van der Waals surface area contributed by atoms with Crippen molar-refractivity contribution in [1.29, 1.82) is 0 Å². The van der Waals surface area contributed by atoms with Gasteiger partial charge in [-0.2, -0.15) is 9.40 Å². The van der Waals surface area contributed by atoms with Crippen molar-refractivity contribution in [3.8, 4) is 5.69 Å². The number of anilines is 1. The van der Waals surface area contributed by atoms with E-state index in [0.717, 1.165) is 5.69 Å². The first-order valence-electron chi connectivity index (χ1n) is 10.6. The number of nitrogens with zero attached hydrogens (tertiary/aromatic N) is 3. The van der Waals surface area contributed by atoms with Gasteiger partial charge in [0.25, 0.3) is 5.91 Å². The molecule has 0 bridgehead atoms. The van der Waals surface area contributed by atoms with Crippen molar-refractivity contribution in [1.82, 2.24) is 14.1 Å². The smallest absolute Gasteiger partial charge is 0.338 e. The molecule has 3 aromatic rings. The van der Waals surface area contributed by atoms with Crippen molar-refractivity contribution in [2.75, 3.05) is 31.6 Å². The largest absolute Gasteiger partial charge is 0.449 e. The monoisotopic (exact) mass is 484 g/mol. The van der Waals surface area contributed by atoms with Crippen LogP contribution in [0.2, 0.25) is 0 Å². The second kappa shape index (κ2) is 10.2. The van der Waals surface area contributed by atoms with E-state index in [4.69, 9.17) is 9.47 Å². The molecule has 1 aliphatic heterocycles. The Labute approximate surface area is 197 Å². The highest BCUT2D eigenvalue weighted by molar-refractivity contribution is 7.89. The average Bonchev–Trinajstić information content (AvgIpc) is 3.40. The van der Waals surface area contributed by atoms with Gasteiger partial charge in [0.15, 0.2) is 6.10 Å². The van der Waals surface area contributed by atoms with Gasteiger partial charge in [-0.15, -0.1) is 0 Å². The van der Waals surface area contributed by atoms with E-state index in [9.17, 15) is 18.0 Å². The lowest BCUT2D eigenvalue weighted by atomic mass is 10.2. The fourth-order valence-corrected chi connectivity index (χ4v) is 4.75. The van der Waals surface area contributed by atoms with Gasteiger partial charge in [0, 0.05) is 31.2 Å². The molecule has 0 aliphatic carbocycles. The zero-order valence-electron chi connectivity index (χ0n) is 18.5. The predicted octanol–water partition coefficient (Wildman–Crippen LogP) is 2.08. The molecule has 4 rings (SSSR count). The number of benzene rings is 2. The van der Waals surface area contributed by atoms with Crippen LogP contribution in [0.5, 0.6) is 0 Å². The zero-order valence-corrected chi connectivity index (χ0v) is 19.3. The topological polar surface area (TPSA) is 120 Å². The molecule has 1 atom stereocenters. The fourth-order valence-electron chi connectivity index (χ4n) is 3.34. The van der Waals surface area contributed by atoms with Gasteiger partial charge < -0.3 is 14.8 Å². The molecule has 10 nitrogen and oxygen atoms in total. The van der Waals surface area contributed by atoms with Crippen molar-refractivity contribution >= 4 is 27.6 Å². The lowest BCUT2D eigenvalue weighted by molar-refractivity contribution is -0.123. The molecule has 2 heterocycles. The summed E-state index contributed by atoms with van der Waals surface area (Å²) < 4.78 is 38.9. The number of hydrogen-bond donors (Lipinski definition) is 1. The third kappa shape index (κ3) is 5.33. The number of nitrogens with one attached hydrogen (secondary N) is 1. The first kappa shape index (κ1) is 23.6. The van der Waals surface area contributed by atoms with Crippen LogP contribution in [0.3, 0.4) is 0 Å². The zero-order chi connectivity index (χ0) is 24.1. The molecule has 11 heteroatoms. The van der Waals surface area contributed by atoms with Crippen molar-refractivity contribution < 1.29 is 27.5 Å². The highest BCUT2D eigenvalue weighted by Crippen LogP contribution is 2.20. The van der Waals surface area contributed by atoms with E-state index in [1.807, 2.05) is 0 Å². The number of hydrogen-bond acceptors (Lipinski definition) is 7. The molecule has 1 N–H and O–H groups in total. The van der Waals surface area contributed by atoms with E-state index >= 15 is 0 Å². The van der Waals surface area contributed by atoms with Crippen molar-refractivity contribution in [3.05, 3.63) is 72.6 Å². The van der Waals surface area contributed by atoms with E-state index in [1.165, 1.54) is 35.5 Å². The molecule has 1 amide bonds. The third-order valence-electron chi connectivity index (χ3n) is 5.25. The first-order valence-corrected chi connectivity index (χ1v) is 12.1. The second-order valence-corrected chi connectivity index (χ2v) is 9.51. The Morgan fingerprint density at radius 1 is 1.06 bits per heavy atom. The Hall–Kier alpha value is -3.54. The van der Waals surface area contributed by atoms with E-state index in [2.05, 4.69) is 10.4 Å². The van der Waals surface area contributed by atoms with Gasteiger partial charge in [-0.25, -0.2) is 17.9 Å². The summed E-state index contributed by atoms with van der Waals surface area (Å²) in [6.07, 6.45) is 2.37. The third-order valence-corrected chi connectivity index (χ3v) is 7.17. The van der Waals surface area contributed by atoms with E-state index in [-0.39, 0.29) is 4.90 Å². The quantitative estimate of drug-likeness (QED) is 0.510. The summed E-state index contributed by atoms with van der Waals surface area (Å²) in [4.78, 5) is 25.0. The summed E-state index contributed by atoms with van der Waals surface area (Å²) in [5, 5.41) is 6.75. The summed E-state index contributed by atoms with van der Waals surface area (Å²) in [5.41, 5.74) is 1.47. The van der Waals surface area contributed by atoms with Crippen LogP contribution >= 0.6 is 0 Å². The van der Waals surface area contributed by atoms with Gasteiger partial charge in [-0.1, -0.05) is 0 Å². The number of morpholine rings is 1. The minimum Gasteiger partial charge on any atom is -0.449 e. The summed E-state index contributed by atoms with van der Waals surface area (Å²) in [6, 6.07) is 14.3. The molecule has 1 saturated heterocycles. The lowest BCUT2D eigenvalue weighted by Gasteiger charge is -2.26. The Morgan fingerprint density at radius 2 is 1.74 bits per heavy atom. The van der Waals surface area contributed by atoms with Crippen LogP contribution in [-0.4, -0.2) is 66.8 Å². The summed E-state index contributed by atoms with van der Waals surface area (Å²) in [6.45, 7) is 2.78. The maximum absolute atomic E-state index is 12.7. The van der Waals surface area contributed by atoms with Gasteiger partial charge in [0.2, 0.25) is 10.0 Å². The predicted molar refractivity (Wildman–Crippen MR) is 123 cm³/mol. The molecule has 1 aliphatic rings. The Kier molecular flexibility index (Phi) is 7.06. The van der Waals surface area contributed by atoms with Gasteiger partial charge in [0.1, 0.15) is 0 Å². The van der Waals surface area contributed by atoms with Gasteiger partial charge in [-0.05, 0) is 61.5 Å². The number of carbonyl (C=O) groups excluding carboxylic acids is 2. The molecule has 178 valence electrons. The Balaban J connectivity index is 1.33. The molecule has 0 radical (unpaired) electrons. The Morgan fingerprint density at radius 3 is 2.35 bits per heavy atom. The van der Waals surface area contributed by atoms with Gasteiger partial charge in [0.05, 0.1) is 29.4 Å². The standard InChI is InChI=1S/C23H24N4O6S/c1-17(33-23(29)18-3-7-20(8-4-18)27-12-2-11-24-27)22(28)25-19-5-9-21(10-6-19)34(30,31)26-13-15-32-16-14-26/h2-12,17H,13-16H2,1H3,(H,25,28). The molecule has 0 saturated carbocycles. The number of aromatic nitrogens is 2. The molecule has 1 unspecified atom stereocenters. The molecule has 0 spiro atoms. The van der Waals surface area contributed by atoms with Gasteiger partial charge in [-0.3, -0.25) is 4.79 Å². The van der Waals surface area contributed by atoms with Crippen molar-refractivity contribution in [2.45, 2.75) is 17.9 Å². The van der Waals surface area contributed by atoms with E-state index in [1.54, 1.807) is 47.4 Å². The van der Waals surface area contributed by atoms with Crippen LogP contribution < -0.4 is 5.32 Å². The molecule has 1 aromatic heterocycles. The molecular weight excluding hydrogens is 460 g/mol. The number of ether oxygens (including phenoxy) is 2. The van der Waals surface area contributed by atoms with Crippen LogP contribution in [0.4, 0.5) is 5.69 Å². The van der Waals surface area contributed by atoms with Crippen LogP contribution in [0.15, 0.2) is 71.9 Å². The lowest BCUT2D eigenvalue weighted by Crippen LogP contribution is -2.40. The molecule has 34 heavy (non-hydrogen) atoms. The van der Waals surface area contributed by atoms with Crippen LogP contribution in [0.25, 0.3) is 5.69 Å². The van der Waals surface area contributed by atoms with Crippen molar-refractivity contribution in [3.63, 3.8) is 0 Å². The molecule has 2 aromatic carbocycles.